The normalized spacial score (nSPS) is 19.3. The molecule has 2 fully saturated rings. The van der Waals surface area contributed by atoms with E-state index in [2.05, 4.69) is 30.3 Å². The number of para-hydroxylation sites is 1. The fraction of sp³-hybridized carbons (Fsp3) is 0.214. The lowest BCUT2D eigenvalue weighted by Crippen LogP contribution is -2.04. The summed E-state index contributed by atoms with van der Waals surface area (Å²) in [6.07, 6.45) is 0.398. The first-order valence-corrected chi connectivity index (χ1v) is 11.3. The maximum atomic E-state index is 6.51. The zero-order valence-electron chi connectivity index (χ0n) is 18.0. The van der Waals surface area contributed by atoms with Crippen molar-refractivity contribution in [2.75, 3.05) is 26.4 Å². The Hall–Kier alpha value is -3.54. The molecule has 7 rings (SSSR count). The van der Waals surface area contributed by atoms with Gasteiger partial charge in [-0.1, -0.05) is 48.5 Å². The molecule has 4 aromatic carbocycles. The minimum Gasteiger partial charge on any atom is -0.490 e. The SMILES string of the molecule is c1ccc(-c2cc3c4cccc(OCC5CO5)c4c4ccccc4c3o2)c(OCC2CO2)c1. The molecule has 5 nitrogen and oxygen atoms in total. The largest absolute Gasteiger partial charge is 0.490 e. The average molecular weight is 438 g/mol. The molecule has 5 aromatic rings. The summed E-state index contributed by atoms with van der Waals surface area (Å²) in [4.78, 5) is 0. The maximum Gasteiger partial charge on any atom is 0.143 e. The van der Waals surface area contributed by atoms with Crippen molar-refractivity contribution in [1.82, 2.24) is 0 Å². The van der Waals surface area contributed by atoms with E-state index in [1.165, 1.54) is 0 Å². The van der Waals surface area contributed by atoms with Crippen LogP contribution in [0.15, 0.2) is 77.2 Å². The lowest BCUT2D eigenvalue weighted by Gasteiger charge is -2.12. The summed E-state index contributed by atoms with van der Waals surface area (Å²) >= 11 is 0. The van der Waals surface area contributed by atoms with E-state index in [1.807, 2.05) is 42.5 Å². The van der Waals surface area contributed by atoms with E-state index in [0.717, 1.165) is 68.6 Å². The number of furan rings is 1. The molecule has 2 aliphatic rings. The first kappa shape index (κ1) is 19.0. The van der Waals surface area contributed by atoms with E-state index in [1.54, 1.807) is 0 Å². The van der Waals surface area contributed by atoms with Crippen LogP contribution in [0.2, 0.25) is 0 Å². The minimum atomic E-state index is 0.195. The molecule has 0 bridgehead atoms. The summed E-state index contributed by atoms with van der Waals surface area (Å²) in [5, 5.41) is 5.45. The van der Waals surface area contributed by atoms with Crippen LogP contribution in [0.4, 0.5) is 0 Å². The fourth-order valence-corrected chi connectivity index (χ4v) is 4.47. The zero-order valence-corrected chi connectivity index (χ0v) is 18.0. The van der Waals surface area contributed by atoms with Gasteiger partial charge < -0.3 is 23.4 Å². The predicted octanol–water partition coefficient (Wildman–Crippen LogP) is 5.96. The van der Waals surface area contributed by atoms with Crippen LogP contribution in [0.25, 0.3) is 43.8 Å². The molecule has 2 saturated heterocycles. The van der Waals surface area contributed by atoms with Crippen molar-refractivity contribution in [2.45, 2.75) is 12.2 Å². The second kappa shape index (κ2) is 7.51. The number of rotatable bonds is 7. The molecule has 5 heteroatoms. The van der Waals surface area contributed by atoms with Crippen LogP contribution in [0.1, 0.15) is 0 Å². The third kappa shape index (κ3) is 3.41. The predicted molar refractivity (Wildman–Crippen MR) is 127 cm³/mol. The summed E-state index contributed by atoms with van der Waals surface area (Å²) in [6, 6.07) is 24.7. The van der Waals surface area contributed by atoms with Crippen molar-refractivity contribution in [3.63, 3.8) is 0 Å². The Morgan fingerprint density at radius 2 is 1.27 bits per heavy atom. The van der Waals surface area contributed by atoms with Gasteiger partial charge in [-0.05, 0) is 35.0 Å². The Labute approximate surface area is 190 Å². The first-order chi connectivity index (χ1) is 16.3. The standard InChI is InChI=1S/C28H22O5/c1-2-7-21-19(6-1)27-20(9-5-11-25(27)32-16-18-14-30-18)23-12-26(33-28(21)23)22-8-3-4-10-24(22)31-15-17-13-29-17/h1-12,17-18H,13-16H2. The molecule has 0 amide bonds. The number of hydrogen-bond acceptors (Lipinski definition) is 5. The van der Waals surface area contributed by atoms with Crippen LogP contribution in [-0.4, -0.2) is 38.6 Å². The summed E-state index contributed by atoms with van der Waals surface area (Å²) in [5.74, 6) is 2.46. The lowest BCUT2D eigenvalue weighted by molar-refractivity contribution is 0.263. The van der Waals surface area contributed by atoms with Gasteiger partial charge in [0.25, 0.3) is 0 Å². The molecule has 0 radical (unpaired) electrons. The number of fused-ring (bicyclic) bond motifs is 6. The number of epoxide rings is 2. The van der Waals surface area contributed by atoms with Gasteiger partial charge in [-0.3, -0.25) is 0 Å². The van der Waals surface area contributed by atoms with Gasteiger partial charge in [0.2, 0.25) is 0 Å². The Morgan fingerprint density at radius 3 is 2.06 bits per heavy atom. The molecule has 2 aliphatic heterocycles. The molecule has 3 heterocycles. The highest BCUT2D eigenvalue weighted by atomic mass is 16.6. The van der Waals surface area contributed by atoms with E-state index in [4.69, 9.17) is 23.4 Å². The van der Waals surface area contributed by atoms with Crippen molar-refractivity contribution in [3.05, 3.63) is 72.8 Å². The zero-order chi connectivity index (χ0) is 21.8. The molecule has 0 saturated carbocycles. The summed E-state index contributed by atoms with van der Waals surface area (Å²) in [5.41, 5.74) is 1.81. The van der Waals surface area contributed by atoms with Gasteiger partial charge in [0.15, 0.2) is 0 Å². The topological polar surface area (TPSA) is 56.7 Å². The molecule has 1 aromatic heterocycles. The number of benzene rings is 4. The van der Waals surface area contributed by atoms with Gasteiger partial charge in [0.1, 0.15) is 48.3 Å². The molecule has 33 heavy (non-hydrogen) atoms. The summed E-state index contributed by atoms with van der Waals surface area (Å²) in [7, 11) is 0. The van der Waals surface area contributed by atoms with E-state index < -0.39 is 0 Å². The van der Waals surface area contributed by atoms with Crippen LogP contribution in [-0.2, 0) is 9.47 Å². The maximum absolute atomic E-state index is 6.51. The molecule has 0 aliphatic carbocycles. The average Bonchev–Trinajstić information content (AvgIpc) is 3.80. The van der Waals surface area contributed by atoms with E-state index in [9.17, 15) is 0 Å². The monoisotopic (exact) mass is 438 g/mol. The van der Waals surface area contributed by atoms with E-state index >= 15 is 0 Å². The number of ether oxygens (including phenoxy) is 4. The molecule has 0 N–H and O–H groups in total. The highest BCUT2D eigenvalue weighted by Gasteiger charge is 2.25. The Bertz CT molecular complexity index is 1490. The van der Waals surface area contributed by atoms with Crippen molar-refractivity contribution < 1.29 is 23.4 Å². The van der Waals surface area contributed by atoms with Gasteiger partial charge in [-0.15, -0.1) is 0 Å². The van der Waals surface area contributed by atoms with Crippen LogP contribution in [0.5, 0.6) is 11.5 Å². The Morgan fingerprint density at radius 1 is 0.667 bits per heavy atom. The van der Waals surface area contributed by atoms with Gasteiger partial charge in [-0.2, -0.15) is 0 Å². The van der Waals surface area contributed by atoms with E-state index in [-0.39, 0.29) is 12.2 Å². The highest BCUT2D eigenvalue weighted by Crippen LogP contribution is 2.43. The van der Waals surface area contributed by atoms with Gasteiger partial charge in [-0.25, -0.2) is 0 Å². The van der Waals surface area contributed by atoms with Crippen molar-refractivity contribution in [1.29, 1.82) is 0 Å². The van der Waals surface area contributed by atoms with Crippen LogP contribution >= 0.6 is 0 Å². The molecule has 0 spiro atoms. The van der Waals surface area contributed by atoms with Gasteiger partial charge >= 0.3 is 0 Å². The molecular weight excluding hydrogens is 416 g/mol. The van der Waals surface area contributed by atoms with E-state index in [0.29, 0.717) is 13.2 Å². The Kier molecular flexibility index (Phi) is 4.32. The third-order valence-corrected chi connectivity index (χ3v) is 6.30. The smallest absolute Gasteiger partial charge is 0.143 e. The third-order valence-electron chi connectivity index (χ3n) is 6.30. The summed E-state index contributed by atoms with van der Waals surface area (Å²) in [6.45, 7) is 2.66. The second-order valence-electron chi connectivity index (χ2n) is 8.61. The molecule has 2 atom stereocenters. The van der Waals surface area contributed by atoms with Crippen molar-refractivity contribution in [3.8, 4) is 22.8 Å². The second-order valence-corrected chi connectivity index (χ2v) is 8.61. The lowest BCUT2D eigenvalue weighted by atomic mass is 9.97. The molecule has 2 unspecified atom stereocenters. The highest BCUT2D eigenvalue weighted by molar-refractivity contribution is 6.25. The van der Waals surface area contributed by atoms with Gasteiger partial charge in [0.05, 0.1) is 18.8 Å². The quantitative estimate of drug-likeness (QED) is 0.232. The summed E-state index contributed by atoms with van der Waals surface area (Å²) < 4.78 is 29.4. The molecular formula is C28H22O5. The Balaban J connectivity index is 1.43. The first-order valence-electron chi connectivity index (χ1n) is 11.3. The van der Waals surface area contributed by atoms with Crippen LogP contribution < -0.4 is 9.47 Å². The number of hydrogen-bond donors (Lipinski definition) is 0. The van der Waals surface area contributed by atoms with Crippen molar-refractivity contribution >= 4 is 32.5 Å². The molecule has 164 valence electrons. The van der Waals surface area contributed by atoms with Gasteiger partial charge in [0, 0.05) is 16.2 Å². The fourth-order valence-electron chi connectivity index (χ4n) is 4.47. The minimum absolute atomic E-state index is 0.195. The van der Waals surface area contributed by atoms with Crippen LogP contribution in [0.3, 0.4) is 0 Å². The van der Waals surface area contributed by atoms with Crippen molar-refractivity contribution in [2.24, 2.45) is 0 Å². The van der Waals surface area contributed by atoms with Crippen LogP contribution in [0, 0.1) is 0 Å².